The van der Waals surface area contributed by atoms with E-state index in [0.717, 1.165) is 23.6 Å². The first-order valence-corrected chi connectivity index (χ1v) is 8.16. The molecule has 1 unspecified atom stereocenters. The van der Waals surface area contributed by atoms with Crippen LogP contribution >= 0.6 is 0 Å². The van der Waals surface area contributed by atoms with E-state index in [1.165, 1.54) is 44.1 Å². The van der Waals surface area contributed by atoms with E-state index in [4.69, 9.17) is 4.74 Å². The van der Waals surface area contributed by atoms with Gasteiger partial charge in [-0.25, -0.2) is 0 Å². The van der Waals surface area contributed by atoms with E-state index in [-0.39, 0.29) is 0 Å². The van der Waals surface area contributed by atoms with Gasteiger partial charge in [-0.1, -0.05) is 25.0 Å². The molecule has 1 atom stereocenters. The molecule has 2 aliphatic rings. The van der Waals surface area contributed by atoms with Crippen molar-refractivity contribution in [1.82, 2.24) is 5.32 Å². The summed E-state index contributed by atoms with van der Waals surface area (Å²) in [7, 11) is 1.72. The molecule has 0 saturated heterocycles. The molecule has 0 amide bonds. The smallest absolute Gasteiger partial charge is 0.118 e. The third-order valence-electron chi connectivity index (χ3n) is 5.33. The Morgan fingerprint density at radius 1 is 1.10 bits per heavy atom. The van der Waals surface area contributed by atoms with Crippen LogP contribution in [0.4, 0.5) is 0 Å². The molecule has 1 aromatic carbocycles. The van der Waals surface area contributed by atoms with Crippen molar-refractivity contribution in [3.8, 4) is 5.75 Å². The number of hydrogen-bond acceptors (Lipinski definition) is 2. The molecule has 2 fully saturated rings. The Morgan fingerprint density at radius 3 is 2.35 bits per heavy atom. The van der Waals surface area contributed by atoms with Crippen molar-refractivity contribution in [2.45, 2.75) is 63.5 Å². The average molecular weight is 273 g/mol. The molecule has 2 heteroatoms. The largest absolute Gasteiger partial charge is 0.497 e. The van der Waals surface area contributed by atoms with E-state index in [1.54, 1.807) is 7.11 Å². The van der Waals surface area contributed by atoms with Gasteiger partial charge in [-0.05, 0) is 62.1 Å². The number of nitrogens with one attached hydrogen (secondary N) is 1. The molecule has 0 radical (unpaired) electrons. The Hall–Kier alpha value is -1.02. The summed E-state index contributed by atoms with van der Waals surface area (Å²) in [6, 6.07) is 10.0. The van der Waals surface area contributed by atoms with Crippen LogP contribution in [0, 0.1) is 5.92 Å². The van der Waals surface area contributed by atoms with Gasteiger partial charge in [-0.15, -0.1) is 0 Å². The minimum Gasteiger partial charge on any atom is -0.497 e. The number of methoxy groups -OCH3 is 1. The fourth-order valence-electron chi connectivity index (χ4n) is 3.87. The molecular formula is C18H27NO. The van der Waals surface area contributed by atoms with E-state index < -0.39 is 0 Å². The number of benzene rings is 1. The van der Waals surface area contributed by atoms with Crippen molar-refractivity contribution >= 4 is 0 Å². The van der Waals surface area contributed by atoms with E-state index in [0.29, 0.717) is 6.04 Å². The summed E-state index contributed by atoms with van der Waals surface area (Å²) in [6.45, 7) is 2.39. The predicted molar refractivity (Wildman–Crippen MR) is 83.3 cm³/mol. The Labute approximate surface area is 122 Å². The second-order valence-corrected chi connectivity index (χ2v) is 6.64. The lowest BCUT2D eigenvalue weighted by Gasteiger charge is -2.39. The topological polar surface area (TPSA) is 21.3 Å². The SMILES string of the molecule is COc1ccc(C2CC(NC(C)C3CCCC3)C2)cc1. The minimum atomic E-state index is 0.708. The fourth-order valence-corrected chi connectivity index (χ4v) is 3.87. The summed E-state index contributed by atoms with van der Waals surface area (Å²) >= 11 is 0. The molecule has 2 aliphatic carbocycles. The van der Waals surface area contributed by atoms with Gasteiger partial charge >= 0.3 is 0 Å². The van der Waals surface area contributed by atoms with Gasteiger partial charge in [0.25, 0.3) is 0 Å². The maximum atomic E-state index is 5.22. The summed E-state index contributed by atoms with van der Waals surface area (Å²) in [4.78, 5) is 0. The summed E-state index contributed by atoms with van der Waals surface area (Å²) < 4.78 is 5.22. The van der Waals surface area contributed by atoms with Crippen molar-refractivity contribution in [2.24, 2.45) is 5.92 Å². The minimum absolute atomic E-state index is 0.708. The fraction of sp³-hybridized carbons (Fsp3) is 0.667. The second kappa shape index (κ2) is 6.17. The lowest BCUT2D eigenvalue weighted by atomic mass is 9.75. The van der Waals surface area contributed by atoms with E-state index in [9.17, 15) is 0 Å². The van der Waals surface area contributed by atoms with Crippen molar-refractivity contribution in [1.29, 1.82) is 0 Å². The molecule has 1 N–H and O–H groups in total. The highest BCUT2D eigenvalue weighted by atomic mass is 16.5. The molecule has 0 spiro atoms. The van der Waals surface area contributed by atoms with Crippen molar-refractivity contribution in [2.75, 3.05) is 7.11 Å². The molecule has 2 nitrogen and oxygen atoms in total. The quantitative estimate of drug-likeness (QED) is 0.871. The van der Waals surface area contributed by atoms with E-state index in [2.05, 4.69) is 36.5 Å². The summed E-state index contributed by atoms with van der Waals surface area (Å²) in [5.74, 6) is 2.63. The van der Waals surface area contributed by atoms with Crippen LogP contribution in [0.5, 0.6) is 5.75 Å². The maximum absolute atomic E-state index is 5.22. The molecule has 0 aliphatic heterocycles. The maximum Gasteiger partial charge on any atom is 0.118 e. The van der Waals surface area contributed by atoms with Crippen molar-refractivity contribution in [3.63, 3.8) is 0 Å². The zero-order valence-corrected chi connectivity index (χ0v) is 12.8. The summed E-state index contributed by atoms with van der Waals surface area (Å²) in [5, 5.41) is 3.86. The molecule has 110 valence electrons. The normalized spacial score (nSPS) is 28.1. The predicted octanol–water partition coefficient (Wildman–Crippen LogP) is 4.11. The molecule has 20 heavy (non-hydrogen) atoms. The van der Waals surface area contributed by atoms with Gasteiger partial charge < -0.3 is 10.1 Å². The van der Waals surface area contributed by atoms with E-state index >= 15 is 0 Å². The van der Waals surface area contributed by atoms with Gasteiger partial charge in [-0.2, -0.15) is 0 Å². The van der Waals surface area contributed by atoms with Crippen molar-refractivity contribution in [3.05, 3.63) is 29.8 Å². The zero-order chi connectivity index (χ0) is 13.9. The third-order valence-corrected chi connectivity index (χ3v) is 5.33. The van der Waals surface area contributed by atoms with Gasteiger partial charge in [0.1, 0.15) is 5.75 Å². The molecule has 0 bridgehead atoms. The van der Waals surface area contributed by atoms with Gasteiger partial charge in [0.05, 0.1) is 7.11 Å². The standard InChI is InChI=1S/C18H27NO/c1-13(14-5-3-4-6-14)19-17-11-16(12-17)15-7-9-18(20-2)10-8-15/h7-10,13-14,16-17,19H,3-6,11-12H2,1-2H3. The summed E-state index contributed by atoms with van der Waals surface area (Å²) in [5.41, 5.74) is 1.47. The van der Waals surface area contributed by atoms with Crippen LogP contribution in [-0.4, -0.2) is 19.2 Å². The van der Waals surface area contributed by atoms with Gasteiger partial charge in [0, 0.05) is 12.1 Å². The molecule has 0 heterocycles. The Balaban J connectivity index is 1.45. The van der Waals surface area contributed by atoms with Crippen LogP contribution in [0.3, 0.4) is 0 Å². The lowest BCUT2D eigenvalue weighted by molar-refractivity contribution is 0.239. The molecule has 3 rings (SSSR count). The highest BCUT2D eigenvalue weighted by Crippen LogP contribution is 2.38. The molecular weight excluding hydrogens is 246 g/mol. The molecule has 1 aromatic rings. The monoisotopic (exact) mass is 273 g/mol. The van der Waals surface area contributed by atoms with Crippen LogP contribution in [-0.2, 0) is 0 Å². The van der Waals surface area contributed by atoms with E-state index in [1.807, 2.05) is 0 Å². The number of hydrogen-bond donors (Lipinski definition) is 1. The summed E-state index contributed by atoms with van der Waals surface area (Å²) in [6.07, 6.45) is 8.34. The Bertz CT molecular complexity index is 416. The van der Waals surface area contributed by atoms with Gasteiger partial charge in [0.2, 0.25) is 0 Å². The molecule has 2 saturated carbocycles. The first-order valence-electron chi connectivity index (χ1n) is 8.16. The van der Waals surface area contributed by atoms with Crippen LogP contribution in [0.1, 0.15) is 56.9 Å². The Morgan fingerprint density at radius 2 is 1.75 bits per heavy atom. The lowest BCUT2D eigenvalue weighted by Crippen LogP contribution is -2.46. The first kappa shape index (κ1) is 13.9. The number of rotatable bonds is 5. The second-order valence-electron chi connectivity index (χ2n) is 6.64. The first-order chi connectivity index (χ1) is 9.76. The van der Waals surface area contributed by atoms with Crippen LogP contribution in [0.25, 0.3) is 0 Å². The average Bonchev–Trinajstić information content (AvgIpc) is 2.96. The van der Waals surface area contributed by atoms with Gasteiger partial charge in [-0.3, -0.25) is 0 Å². The highest BCUT2D eigenvalue weighted by Gasteiger charge is 2.32. The zero-order valence-electron chi connectivity index (χ0n) is 12.8. The van der Waals surface area contributed by atoms with Crippen molar-refractivity contribution < 1.29 is 4.74 Å². The van der Waals surface area contributed by atoms with Gasteiger partial charge in [0.15, 0.2) is 0 Å². The van der Waals surface area contributed by atoms with Crippen LogP contribution < -0.4 is 10.1 Å². The third kappa shape index (κ3) is 3.01. The Kier molecular flexibility index (Phi) is 4.30. The van der Waals surface area contributed by atoms with Crippen LogP contribution in [0.15, 0.2) is 24.3 Å². The molecule has 0 aromatic heterocycles. The number of ether oxygens (including phenoxy) is 1. The van der Waals surface area contributed by atoms with Crippen LogP contribution in [0.2, 0.25) is 0 Å². The highest BCUT2D eigenvalue weighted by molar-refractivity contribution is 5.30.